The van der Waals surface area contributed by atoms with Crippen molar-refractivity contribution in [1.82, 2.24) is 9.97 Å². The second-order valence-corrected chi connectivity index (χ2v) is 3.81. The smallest absolute Gasteiger partial charge is 0.252 e. The van der Waals surface area contributed by atoms with Gasteiger partial charge in [0.25, 0.3) is 5.56 Å². The fourth-order valence-electron chi connectivity index (χ4n) is 1.65. The number of rotatable bonds is 4. The van der Waals surface area contributed by atoms with E-state index in [9.17, 15) is 4.79 Å². The Hall–Kier alpha value is -1.32. The molecular formula is C10H15N3O. The number of nitrogens with zero attached hydrogens (tertiary/aromatic N) is 1. The third-order valence-electron chi connectivity index (χ3n) is 2.76. The SMILES string of the molecule is O=c1cc(NCCC2CCC2)nc[nH]1. The van der Waals surface area contributed by atoms with Gasteiger partial charge in [0, 0.05) is 12.6 Å². The molecule has 0 aliphatic heterocycles. The topological polar surface area (TPSA) is 57.8 Å². The van der Waals surface area contributed by atoms with Crippen molar-refractivity contribution in [1.29, 1.82) is 0 Å². The van der Waals surface area contributed by atoms with Gasteiger partial charge in [-0.1, -0.05) is 19.3 Å². The summed E-state index contributed by atoms with van der Waals surface area (Å²) >= 11 is 0. The van der Waals surface area contributed by atoms with E-state index in [1.807, 2.05) is 0 Å². The summed E-state index contributed by atoms with van der Waals surface area (Å²) < 4.78 is 0. The van der Waals surface area contributed by atoms with Crippen LogP contribution in [0.4, 0.5) is 5.82 Å². The van der Waals surface area contributed by atoms with Gasteiger partial charge in [-0.05, 0) is 12.3 Å². The quantitative estimate of drug-likeness (QED) is 0.759. The predicted molar refractivity (Wildman–Crippen MR) is 55.3 cm³/mol. The van der Waals surface area contributed by atoms with E-state index in [2.05, 4.69) is 15.3 Å². The number of aromatic amines is 1. The molecule has 0 amide bonds. The normalized spacial score (nSPS) is 16.3. The summed E-state index contributed by atoms with van der Waals surface area (Å²) in [6, 6.07) is 1.49. The highest BCUT2D eigenvalue weighted by Gasteiger charge is 2.16. The first-order chi connectivity index (χ1) is 6.84. The third-order valence-corrected chi connectivity index (χ3v) is 2.76. The van der Waals surface area contributed by atoms with Crippen LogP contribution in [0.3, 0.4) is 0 Å². The van der Waals surface area contributed by atoms with Gasteiger partial charge in [0.2, 0.25) is 0 Å². The minimum Gasteiger partial charge on any atom is -0.370 e. The van der Waals surface area contributed by atoms with Crippen molar-refractivity contribution in [3.63, 3.8) is 0 Å². The largest absolute Gasteiger partial charge is 0.370 e. The molecule has 1 aromatic heterocycles. The van der Waals surface area contributed by atoms with Gasteiger partial charge in [-0.3, -0.25) is 4.79 Å². The molecule has 1 aliphatic carbocycles. The highest BCUT2D eigenvalue weighted by atomic mass is 16.1. The molecule has 1 aliphatic rings. The van der Waals surface area contributed by atoms with Crippen molar-refractivity contribution in [2.75, 3.05) is 11.9 Å². The van der Waals surface area contributed by atoms with Crippen LogP contribution in [0.2, 0.25) is 0 Å². The Bertz CT molecular complexity index is 343. The van der Waals surface area contributed by atoms with Gasteiger partial charge in [0.1, 0.15) is 5.82 Å². The fourth-order valence-corrected chi connectivity index (χ4v) is 1.65. The van der Waals surface area contributed by atoms with Crippen molar-refractivity contribution < 1.29 is 0 Å². The molecule has 1 aromatic rings. The monoisotopic (exact) mass is 193 g/mol. The molecule has 1 fully saturated rings. The molecule has 2 N–H and O–H groups in total. The van der Waals surface area contributed by atoms with E-state index in [-0.39, 0.29) is 5.56 Å². The molecule has 4 nitrogen and oxygen atoms in total. The Morgan fingerprint density at radius 1 is 1.57 bits per heavy atom. The lowest BCUT2D eigenvalue weighted by atomic mass is 9.83. The average Bonchev–Trinajstić information content (AvgIpc) is 2.09. The maximum absolute atomic E-state index is 10.9. The van der Waals surface area contributed by atoms with E-state index in [0.29, 0.717) is 5.82 Å². The molecule has 0 aromatic carbocycles. The summed E-state index contributed by atoms with van der Waals surface area (Å²) in [7, 11) is 0. The minimum absolute atomic E-state index is 0.105. The Morgan fingerprint density at radius 3 is 3.07 bits per heavy atom. The molecule has 1 saturated carbocycles. The molecule has 76 valence electrons. The molecule has 0 saturated heterocycles. The Labute approximate surface area is 82.8 Å². The zero-order valence-electron chi connectivity index (χ0n) is 8.12. The second-order valence-electron chi connectivity index (χ2n) is 3.81. The van der Waals surface area contributed by atoms with Gasteiger partial charge >= 0.3 is 0 Å². The Balaban J connectivity index is 1.76. The van der Waals surface area contributed by atoms with Gasteiger partial charge in [0.05, 0.1) is 6.33 Å². The van der Waals surface area contributed by atoms with E-state index in [4.69, 9.17) is 0 Å². The summed E-state index contributed by atoms with van der Waals surface area (Å²) in [6.45, 7) is 0.918. The molecule has 4 heteroatoms. The van der Waals surface area contributed by atoms with Gasteiger partial charge < -0.3 is 10.3 Å². The maximum Gasteiger partial charge on any atom is 0.252 e. The third kappa shape index (κ3) is 2.34. The van der Waals surface area contributed by atoms with Crippen molar-refractivity contribution in [2.45, 2.75) is 25.7 Å². The van der Waals surface area contributed by atoms with Gasteiger partial charge in [-0.25, -0.2) is 4.98 Å². The molecule has 1 heterocycles. The molecular weight excluding hydrogens is 178 g/mol. The summed E-state index contributed by atoms with van der Waals surface area (Å²) in [5.74, 6) is 1.57. The van der Waals surface area contributed by atoms with Crippen molar-refractivity contribution >= 4 is 5.82 Å². The second kappa shape index (κ2) is 4.26. The molecule has 0 atom stereocenters. The lowest BCUT2D eigenvalue weighted by molar-refractivity contribution is 0.303. The first-order valence-corrected chi connectivity index (χ1v) is 5.13. The fraction of sp³-hybridized carbons (Fsp3) is 0.600. The van der Waals surface area contributed by atoms with Crippen LogP contribution in [0.25, 0.3) is 0 Å². The first kappa shape index (κ1) is 9.24. The van der Waals surface area contributed by atoms with Crippen molar-refractivity contribution in [3.8, 4) is 0 Å². The molecule has 14 heavy (non-hydrogen) atoms. The maximum atomic E-state index is 10.9. The van der Waals surface area contributed by atoms with Crippen LogP contribution in [-0.4, -0.2) is 16.5 Å². The van der Waals surface area contributed by atoms with Crippen molar-refractivity contribution in [3.05, 3.63) is 22.7 Å². The molecule has 0 spiro atoms. The molecule has 2 rings (SSSR count). The van der Waals surface area contributed by atoms with E-state index >= 15 is 0 Å². The van der Waals surface area contributed by atoms with Crippen LogP contribution in [0.1, 0.15) is 25.7 Å². The van der Waals surface area contributed by atoms with E-state index < -0.39 is 0 Å². The van der Waals surface area contributed by atoms with Crippen LogP contribution in [0.5, 0.6) is 0 Å². The average molecular weight is 193 g/mol. The van der Waals surface area contributed by atoms with Crippen molar-refractivity contribution in [2.24, 2.45) is 5.92 Å². The zero-order valence-corrected chi connectivity index (χ0v) is 8.12. The number of hydrogen-bond acceptors (Lipinski definition) is 3. The number of aromatic nitrogens is 2. The minimum atomic E-state index is -0.105. The number of nitrogens with one attached hydrogen (secondary N) is 2. The summed E-state index contributed by atoms with van der Waals surface area (Å²) in [6.07, 6.45) is 6.73. The van der Waals surface area contributed by atoms with Crippen LogP contribution in [0.15, 0.2) is 17.2 Å². The van der Waals surface area contributed by atoms with Gasteiger partial charge in [0.15, 0.2) is 0 Å². The van der Waals surface area contributed by atoms with E-state index in [1.165, 1.54) is 38.1 Å². The predicted octanol–water partition coefficient (Wildman–Crippen LogP) is 1.37. The summed E-state index contributed by atoms with van der Waals surface area (Å²) in [5.41, 5.74) is -0.105. The van der Waals surface area contributed by atoms with Crippen LogP contribution in [0, 0.1) is 5.92 Å². The number of H-pyrrole nitrogens is 1. The molecule has 0 unspecified atom stereocenters. The summed E-state index contributed by atoms with van der Waals surface area (Å²) in [4.78, 5) is 17.4. The summed E-state index contributed by atoms with van der Waals surface area (Å²) in [5, 5.41) is 3.15. The lowest BCUT2D eigenvalue weighted by Gasteiger charge is -2.25. The van der Waals surface area contributed by atoms with Gasteiger partial charge in [-0.2, -0.15) is 0 Å². The van der Waals surface area contributed by atoms with Crippen LogP contribution in [-0.2, 0) is 0 Å². The molecule has 0 radical (unpaired) electrons. The Morgan fingerprint density at radius 2 is 2.43 bits per heavy atom. The molecule has 0 bridgehead atoms. The standard InChI is InChI=1S/C10H15N3O/c14-10-6-9(12-7-13-10)11-5-4-8-2-1-3-8/h6-8H,1-5H2,(H2,11,12,13,14). The zero-order chi connectivity index (χ0) is 9.80. The highest BCUT2D eigenvalue weighted by molar-refractivity contribution is 5.31. The van der Waals surface area contributed by atoms with E-state index in [0.717, 1.165) is 12.5 Å². The number of anilines is 1. The highest BCUT2D eigenvalue weighted by Crippen LogP contribution is 2.28. The van der Waals surface area contributed by atoms with E-state index in [1.54, 1.807) is 0 Å². The van der Waals surface area contributed by atoms with Crippen LogP contribution < -0.4 is 10.9 Å². The first-order valence-electron chi connectivity index (χ1n) is 5.13. The Kier molecular flexibility index (Phi) is 2.81. The van der Waals surface area contributed by atoms with Gasteiger partial charge in [-0.15, -0.1) is 0 Å². The lowest BCUT2D eigenvalue weighted by Crippen LogP contribution is -2.17. The van der Waals surface area contributed by atoms with Crippen LogP contribution >= 0.6 is 0 Å². The number of hydrogen-bond donors (Lipinski definition) is 2.